The van der Waals surface area contributed by atoms with Crippen molar-refractivity contribution in [3.8, 4) is 0 Å². The van der Waals surface area contributed by atoms with E-state index in [1.165, 1.54) is 4.88 Å². The number of anilines is 2. The molecule has 0 spiro atoms. The van der Waals surface area contributed by atoms with Gasteiger partial charge in [-0.3, -0.25) is 4.79 Å². The molecule has 0 amide bonds. The number of aryl methyl sites for hydroxylation is 2. The minimum absolute atomic E-state index is 0.111. The van der Waals surface area contributed by atoms with Crippen molar-refractivity contribution in [1.82, 2.24) is 9.66 Å². The maximum atomic E-state index is 14.7. The minimum atomic E-state index is -2.71. The molecule has 2 aromatic heterocycles. The van der Waals surface area contributed by atoms with Gasteiger partial charge in [-0.15, -0.1) is 11.3 Å². The highest BCUT2D eigenvalue weighted by atomic mass is 32.1. The fourth-order valence-electron chi connectivity index (χ4n) is 5.68. The Balaban J connectivity index is 1.62. The molecule has 202 valence electrons. The Bertz CT molecular complexity index is 1830. The minimum Gasteiger partial charge on any atom is -0.324 e. The van der Waals surface area contributed by atoms with Crippen molar-refractivity contribution in [2.24, 2.45) is 4.85 Å². The van der Waals surface area contributed by atoms with Crippen molar-refractivity contribution in [2.75, 3.05) is 5.32 Å². The summed E-state index contributed by atoms with van der Waals surface area (Å²) in [5.74, 6) is 0.430. The summed E-state index contributed by atoms with van der Waals surface area (Å²) >= 11 is 1.66. The van der Waals surface area contributed by atoms with Crippen LogP contribution in [-0.2, 0) is 12.8 Å². The fraction of sp³-hybridized carbons (Fsp3) is 0.118. The smallest absolute Gasteiger partial charge is 0.284 e. The van der Waals surface area contributed by atoms with Crippen molar-refractivity contribution in [3.05, 3.63) is 142 Å². The number of nitrogens with one attached hydrogen (secondary N) is 1. The highest BCUT2D eigenvalue weighted by molar-refractivity contribution is 7.87. The van der Waals surface area contributed by atoms with Gasteiger partial charge in [0.25, 0.3) is 5.56 Å². The zero-order chi connectivity index (χ0) is 27.6. The molecule has 7 heteroatoms. The lowest BCUT2D eigenvalue weighted by molar-refractivity contribution is 0.699. The van der Waals surface area contributed by atoms with Gasteiger partial charge in [-0.1, -0.05) is 109 Å². The molecule has 0 bridgehead atoms. The van der Waals surface area contributed by atoms with Gasteiger partial charge in [-0.05, 0) is 43.4 Å². The molecule has 0 fully saturated rings. The standard InChI is InChI=1S/C34H29N4OPS/c39-33-31-29-23-13-14-24-30(29)41-32(31)36-34(35-25-15-5-1-6-16-25)38(33)37-40(26-17-7-2-8-18-26,27-19-9-3-10-20-27)28-21-11-4-12-22-28/h1-12,15-22H,13-14,23-24H2,(H,35,36). The van der Waals surface area contributed by atoms with Crippen LogP contribution in [0.25, 0.3) is 10.2 Å². The summed E-state index contributed by atoms with van der Waals surface area (Å²) in [7, 11) is -2.71. The second kappa shape index (κ2) is 11.0. The highest BCUT2D eigenvalue weighted by Gasteiger charge is 2.30. The monoisotopic (exact) mass is 572 g/mol. The van der Waals surface area contributed by atoms with Crippen LogP contribution in [0.3, 0.4) is 0 Å². The van der Waals surface area contributed by atoms with Gasteiger partial charge in [0.05, 0.1) is 12.4 Å². The number of aromatic nitrogens is 2. The second-order valence-electron chi connectivity index (χ2n) is 10.2. The summed E-state index contributed by atoms with van der Waals surface area (Å²) in [6, 6.07) is 41.0. The van der Waals surface area contributed by atoms with Crippen LogP contribution >= 0.6 is 18.4 Å². The van der Waals surface area contributed by atoms with E-state index in [2.05, 4.69) is 41.7 Å². The van der Waals surface area contributed by atoms with E-state index in [4.69, 9.17) is 9.84 Å². The van der Waals surface area contributed by atoms with Gasteiger partial charge >= 0.3 is 0 Å². The van der Waals surface area contributed by atoms with Gasteiger partial charge in [-0.2, -0.15) is 9.53 Å². The number of hydrogen-bond acceptors (Lipinski definition) is 5. The maximum Gasteiger partial charge on any atom is 0.284 e. The normalized spacial score (nSPS) is 13.1. The first-order chi connectivity index (χ1) is 20.2. The van der Waals surface area contributed by atoms with E-state index < -0.39 is 7.05 Å². The Morgan fingerprint density at radius 2 is 1.22 bits per heavy atom. The van der Waals surface area contributed by atoms with Gasteiger partial charge in [0.1, 0.15) is 4.83 Å². The average molecular weight is 573 g/mol. The van der Waals surface area contributed by atoms with Crippen LogP contribution in [0.4, 0.5) is 11.6 Å². The molecule has 0 unspecified atom stereocenters. The summed E-state index contributed by atoms with van der Waals surface area (Å²) in [6.07, 6.45) is 4.16. The second-order valence-corrected chi connectivity index (χ2v) is 14.2. The first-order valence-corrected chi connectivity index (χ1v) is 16.5. The van der Waals surface area contributed by atoms with E-state index in [0.29, 0.717) is 5.95 Å². The Morgan fingerprint density at radius 1 is 0.707 bits per heavy atom. The summed E-state index contributed by atoms with van der Waals surface area (Å²) in [5.41, 5.74) is 1.90. The lowest BCUT2D eigenvalue weighted by Gasteiger charge is -2.27. The van der Waals surface area contributed by atoms with Crippen molar-refractivity contribution >= 4 is 56.2 Å². The van der Waals surface area contributed by atoms with E-state index in [9.17, 15) is 4.79 Å². The predicted molar refractivity (Wildman–Crippen MR) is 173 cm³/mol. The third kappa shape index (κ3) is 4.63. The van der Waals surface area contributed by atoms with Crippen LogP contribution in [-0.4, -0.2) is 9.66 Å². The maximum absolute atomic E-state index is 14.7. The molecular formula is C34H29N4OPS. The molecule has 0 atom stereocenters. The number of nitrogens with zero attached hydrogens (tertiary/aromatic N) is 3. The molecule has 4 aromatic carbocycles. The number of benzene rings is 4. The average Bonchev–Trinajstić information content (AvgIpc) is 3.41. The molecule has 2 heterocycles. The van der Waals surface area contributed by atoms with E-state index in [1.54, 1.807) is 16.0 Å². The summed E-state index contributed by atoms with van der Waals surface area (Å²) in [5, 5.41) is 7.38. The Hall–Kier alpha value is -4.25. The molecule has 1 aliphatic carbocycles. The number of rotatable bonds is 6. The first kappa shape index (κ1) is 25.7. The van der Waals surface area contributed by atoms with Crippen LogP contribution in [0.2, 0.25) is 0 Å². The Labute approximate surface area is 243 Å². The molecule has 7 rings (SSSR count). The van der Waals surface area contributed by atoms with Crippen LogP contribution in [0.5, 0.6) is 0 Å². The number of thiophene rings is 1. The highest BCUT2D eigenvalue weighted by Crippen LogP contribution is 2.47. The Morgan fingerprint density at radius 3 is 1.78 bits per heavy atom. The van der Waals surface area contributed by atoms with Crippen LogP contribution < -0.4 is 26.8 Å². The topological polar surface area (TPSA) is 59.3 Å². The van der Waals surface area contributed by atoms with Gasteiger partial charge in [0.15, 0.2) is 0 Å². The van der Waals surface area contributed by atoms with Gasteiger partial charge in [0, 0.05) is 26.5 Å². The lowest BCUT2D eigenvalue weighted by Crippen LogP contribution is -2.29. The lowest BCUT2D eigenvalue weighted by atomic mass is 9.97. The van der Waals surface area contributed by atoms with E-state index in [1.807, 2.05) is 84.9 Å². The molecule has 0 saturated heterocycles. The van der Waals surface area contributed by atoms with Gasteiger partial charge in [-0.25, -0.2) is 4.98 Å². The molecule has 0 aliphatic heterocycles. The van der Waals surface area contributed by atoms with Crippen molar-refractivity contribution in [1.29, 1.82) is 0 Å². The molecule has 41 heavy (non-hydrogen) atoms. The van der Waals surface area contributed by atoms with Crippen LogP contribution in [0.15, 0.2) is 131 Å². The zero-order valence-electron chi connectivity index (χ0n) is 22.5. The van der Waals surface area contributed by atoms with Crippen LogP contribution in [0.1, 0.15) is 23.3 Å². The summed E-state index contributed by atoms with van der Waals surface area (Å²) in [4.78, 5) is 27.4. The summed E-state index contributed by atoms with van der Waals surface area (Å²) in [6.45, 7) is 0. The molecule has 0 radical (unpaired) electrons. The molecule has 1 aliphatic rings. The number of hydrogen-bond donors (Lipinski definition) is 1. The molecule has 6 aromatic rings. The first-order valence-electron chi connectivity index (χ1n) is 13.9. The largest absolute Gasteiger partial charge is 0.324 e. The predicted octanol–water partition coefficient (Wildman–Crippen LogP) is 7.02. The third-order valence-electron chi connectivity index (χ3n) is 7.61. The quantitative estimate of drug-likeness (QED) is 0.218. The Kier molecular flexibility index (Phi) is 6.87. The fourth-order valence-corrected chi connectivity index (χ4v) is 10.4. The summed E-state index contributed by atoms with van der Waals surface area (Å²) < 4.78 is 1.57. The van der Waals surface area contributed by atoms with Crippen LogP contribution in [0, 0.1) is 0 Å². The van der Waals surface area contributed by atoms with Gasteiger partial charge < -0.3 is 5.32 Å². The van der Waals surface area contributed by atoms with Crippen molar-refractivity contribution < 1.29 is 0 Å². The van der Waals surface area contributed by atoms with E-state index >= 15 is 0 Å². The van der Waals surface area contributed by atoms with Crippen molar-refractivity contribution in [3.63, 3.8) is 0 Å². The molecule has 0 saturated carbocycles. The van der Waals surface area contributed by atoms with Gasteiger partial charge in [0.2, 0.25) is 5.95 Å². The zero-order valence-corrected chi connectivity index (χ0v) is 24.2. The molecule has 5 nitrogen and oxygen atoms in total. The third-order valence-corrected chi connectivity index (χ3v) is 12.4. The van der Waals surface area contributed by atoms with Crippen molar-refractivity contribution in [2.45, 2.75) is 25.7 Å². The molecular weight excluding hydrogens is 543 g/mol. The molecule has 1 N–H and O–H groups in total. The van der Waals surface area contributed by atoms with E-state index in [-0.39, 0.29) is 5.56 Å². The van der Waals surface area contributed by atoms with E-state index in [0.717, 1.165) is 63.1 Å². The number of fused-ring (bicyclic) bond motifs is 3. The SMILES string of the molecule is O=c1c2c3c(sc2nc(Nc2ccccc2)n1N=P(c1ccccc1)(c1ccccc1)c1ccccc1)CCCC3. The number of para-hydroxylation sites is 1.